The van der Waals surface area contributed by atoms with Crippen LogP contribution in [0.2, 0.25) is 0 Å². The van der Waals surface area contributed by atoms with Crippen LogP contribution in [-0.2, 0) is 21.1 Å². The third-order valence-electron chi connectivity index (χ3n) is 5.10. The molecule has 3 rings (SSSR count). The Kier molecular flexibility index (Phi) is 5.25. The third-order valence-corrected chi connectivity index (χ3v) is 9.68. The SMILES string of the molecule is CC(C)(C)C(=O)N1CC2CSCC(C1)[S+]2c1ccc(C(C)(C)C)cc1. The van der Waals surface area contributed by atoms with Crippen LogP contribution in [0.4, 0.5) is 0 Å². The Morgan fingerprint density at radius 2 is 1.52 bits per heavy atom. The van der Waals surface area contributed by atoms with Crippen LogP contribution in [0.5, 0.6) is 0 Å². The van der Waals surface area contributed by atoms with Crippen molar-refractivity contribution in [3.63, 3.8) is 0 Å². The molecule has 2 aliphatic rings. The molecular weight excluding hydrogens is 346 g/mol. The van der Waals surface area contributed by atoms with Gasteiger partial charge in [0.15, 0.2) is 4.90 Å². The smallest absolute Gasteiger partial charge is 0.228 e. The molecular formula is C21H32NOS2+. The van der Waals surface area contributed by atoms with Crippen LogP contribution in [0.1, 0.15) is 47.1 Å². The van der Waals surface area contributed by atoms with Gasteiger partial charge in [0.1, 0.15) is 10.5 Å². The first-order valence-electron chi connectivity index (χ1n) is 9.27. The van der Waals surface area contributed by atoms with Gasteiger partial charge in [0.2, 0.25) is 5.91 Å². The van der Waals surface area contributed by atoms with E-state index >= 15 is 0 Å². The average Bonchev–Trinajstić information content (AvgIpc) is 2.51. The number of amides is 1. The predicted molar refractivity (Wildman–Crippen MR) is 112 cm³/mol. The molecule has 0 aromatic heterocycles. The minimum Gasteiger partial charge on any atom is -0.332 e. The summed E-state index contributed by atoms with van der Waals surface area (Å²) < 4.78 is 0. The maximum Gasteiger partial charge on any atom is 0.228 e. The highest BCUT2D eigenvalue weighted by Crippen LogP contribution is 2.38. The number of thioether (sulfide) groups is 1. The van der Waals surface area contributed by atoms with Gasteiger partial charge in [0, 0.05) is 27.8 Å². The maximum atomic E-state index is 12.8. The normalized spacial score (nSPS) is 27.3. The lowest BCUT2D eigenvalue weighted by atomic mass is 9.87. The zero-order valence-electron chi connectivity index (χ0n) is 16.5. The lowest BCUT2D eigenvalue weighted by Gasteiger charge is -2.42. The van der Waals surface area contributed by atoms with Crippen LogP contribution >= 0.6 is 11.8 Å². The number of nitrogens with zero attached hydrogens (tertiary/aromatic N) is 1. The molecule has 2 fully saturated rings. The molecule has 0 N–H and O–H groups in total. The molecule has 1 aromatic carbocycles. The van der Waals surface area contributed by atoms with Crippen molar-refractivity contribution in [2.24, 2.45) is 5.41 Å². The molecule has 0 spiro atoms. The number of carbonyl (C=O) groups is 1. The van der Waals surface area contributed by atoms with Crippen molar-refractivity contribution >= 4 is 28.6 Å². The summed E-state index contributed by atoms with van der Waals surface area (Å²) in [5, 5.41) is 1.23. The van der Waals surface area contributed by atoms with Gasteiger partial charge in [-0.3, -0.25) is 4.79 Å². The molecule has 138 valence electrons. The molecule has 0 saturated carbocycles. The number of fused-ring (bicyclic) bond motifs is 2. The molecule has 1 amide bonds. The van der Waals surface area contributed by atoms with Gasteiger partial charge in [-0.1, -0.05) is 53.7 Å². The van der Waals surface area contributed by atoms with E-state index in [0.717, 1.165) is 13.1 Å². The molecule has 2 saturated heterocycles. The van der Waals surface area contributed by atoms with Crippen molar-refractivity contribution in [2.45, 2.75) is 62.4 Å². The van der Waals surface area contributed by atoms with Crippen LogP contribution < -0.4 is 0 Å². The Morgan fingerprint density at radius 1 is 1.00 bits per heavy atom. The number of benzene rings is 1. The molecule has 2 atom stereocenters. The average molecular weight is 379 g/mol. The topological polar surface area (TPSA) is 20.3 Å². The van der Waals surface area contributed by atoms with Gasteiger partial charge < -0.3 is 4.90 Å². The summed E-state index contributed by atoms with van der Waals surface area (Å²) >= 11 is 2.08. The fraction of sp³-hybridized carbons (Fsp3) is 0.667. The van der Waals surface area contributed by atoms with Crippen LogP contribution in [-0.4, -0.2) is 45.9 Å². The van der Waals surface area contributed by atoms with Gasteiger partial charge in [-0.2, -0.15) is 11.8 Å². The largest absolute Gasteiger partial charge is 0.332 e. The van der Waals surface area contributed by atoms with Crippen molar-refractivity contribution in [1.29, 1.82) is 0 Å². The van der Waals surface area contributed by atoms with Crippen molar-refractivity contribution < 1.29 is 4.79 Å². The maximum absolute atomic E-state index is 12.8. The first-order valence-corrected chi connectivity index (χ1v) is 11.8. The molecule has 2 aliphatic heterocycles. The van der Waals surface area contributed by atoms with Crippen molar-refractivity contribution in [3.05, 3.63) is 29.8 Å². The molecule has 2 heterocycles. The standard InChI is InChI=1S/C21H32NOS2/c1-20(2,3)15-7-9-16(10-8-15)25-17-11-22(19(23)21(4,5)6)12-18(25)14-24-13-17/h7-10,17-18H,11-14H2,1-6H3/q+1. The lowest BCUT2D eigenvalue weighted by molar-refractivity contribution is -0.139. The number of carbonyl (C=O) groups excluding carboxylic acids is 1. The predicted octanol–water partition coefficient (Wildman–Crippen LogP) is 4.33. The summed E-state index contributed by atoms with van der Waals surface area (Å²) in [7, 11) is 0.282. The highest BCUT2D eigenvalue weighted by atomic mass is 32.2. The molecule has 1 aromatic rings. The molecule has 0 radical (unpaired) electrons. The second kappa shape index (κ2) is 6.84. The van der Waals surface area contributed by atoms with Crippen molar-refractivity contribution in [1.82, 2.24) is 4.90 Å². The Labute approximate surface area is 160 Å². The second-order valence-electron chi connectivity index (χ2n) is 9.39. The summed E-state index contributed by atoms with van der Waals surface area (Å²) in [6, 6.07) is 9.36. The van der Waals surface area contributed by atoms with Gasteiger partial charge in [-0.15, -0.1) is 0 Å². The summed E-state index contributed by atoms with van der Waals surface area (Å²) in [6.07, 6.45) is 0. The van der Waals surface area contributed by atoms with E-state index in [0.29, 0.717) is 16.4 Å². The fourth-order valence-corrected chi connectivity index (χ4v) is 8.79. The van der Waals surface area contributed by atoms with E-state index in [2.05, 4.69) is 61.7 Å². The number of hydrogen-bond acceptors (Lipinski definition) is 2. The fourth-order valence-electron chi connectivity index (χ4n) is 3.72. The second-order valence-corrected chi connectivity index (χ2v) is 13.0. The molecule has 2 bridgehead atoms. The van der Waals surface area contributed by atoms with Crippen molar-refractivity contribution in [2.75, 3.05) is 24.6 Å². The van der Waals surface area contributed by atoms with Gasteiger partial charge in [-0.25, -0.2) is 0 Å². The van der Waals surface area contributed by atoms with Crippen LogP contribution in [0.25, 0.3) is 0 Å². The molecule has 4 heteroatoms. The summed E-state index contributed by atoms with van der Waals surface area (Å²) in [4.78, 5) is 16.4. The molecule has 2 unspecified atom stereocenters. The van der Waals surface area contributed by atoms with Crippen LogP contribution in [0.3, 0.4) is 0 Å². The highest BCUT2D eigenvalue weighted by Gasteiger charge is 2.51. The van der Waals surface area contributed by atoms with Gasteiger partial charge in [0.25, 0.3) is 0 Å². The van der Waals surface area contributed by atoms with E-state index in [1.807, 2.05) is 20.8 Å². The Hall–Kier alpha value is -0.610. The minimum atomic E-state index is -0.272. The van der Waals surface area contributed by atoms with Gasteiger partial charge >= 0.3 is 0 Å². The summed E-state index contributed by atoms with van der Waals surface area (Å²) in [5.41, 5.74) is 1.34. The quantitative estimate of drug-likeness (QED) is 0.678. The van der Waals surface area contributed by atoms with E-state index in [4.69, 9.17) is 0 Å². The molecule has 0 aliphatic carbocycles. The first kappa shape index (κ1) is 19.2. The Bertz CT molecular complexity index is 613. The first-order chi connectivity index (χ1) is 11.6. The van der Waals surface area contributed by atoms with Crippen LogP contribution in [0, 0.1) is 5.41 Å². The highest BCUT2D eigenvalue weighted by molar-refractivity contribution is 8.05. The zero-order chi connectivity index (χ0) is 18.4. The Morgan fingerprint density at radius 3 is 1.96 bits per heavy atom. The summed E-state index contributed by atoms with van der Waals surface area (Å²) in [6.45, 7) is 14.8. The van der Waals surface area contributed by atoms with E-state index in [-0.39, 0.29) is 21.7 Å². The monoisotopic (exact) mass is 378 g/mol. The molecule has 25 heavy (non-hydrogen) atoms. The van der Waals surface area contributed by atoms with Crippen LogP contribution in [0.15, 0.2) is 29.2 Å². The number of hydrogen-bond donors (Lipinski definition) is 0. The molecule has 2 nitrogen and oxygen atoms in total. The van der Waals surface area contributed by atoms with Crippen molar-refractivity contribution in [3.8, 4) is 0 Å². The van der Waals surface area contributed by atoms with E-state index in [1.165, 1.54) is 22.0 Å². The third kappa shape index (κ3) is 4.05. The van der Waals surface area contributed by atoms with E-state index in [9.17, 15) is 4.79 Å². The summed E-state index contributed by atoms with van der Waals surface area (Å²) in [5.74, 6) is 2.70. The minimum absolute atomic E-state index is 0.204. The zero-order valence-corrected chi connectivity index (χ0v) is 18.1. The lowest BCUT2D eigenvalue weighted by Crippen LogP contribution is -2.59. The van der Waals surface area contributed by atoms with E-state index in [1.54, 1.807) is 0 Å². The Balaban J connectivity index is 1.81. The van der Waals surface area contributed by atoms with E-state index < -0.39 is 0 Å². The van der Waals surface area contributed by atoms with Gasteiger partial charge in [-0.05, 0) is 23.1 Å². The van der Waals surface area contributed by atoms with Gasteiger partial charge in [0.05, 0.1) is 13.1 Å². The number of rotatable bonds is 1.